The van der Waals surface area contributed by atoms with Gasteiger partial charge < -0.3 is 9.88 Å². The van der Waals surface area contributed by atoms with Crippen molar-refractivity contribution in [1.82, 2.24) is 19.3 Å². The fourth-order valence-corrected chi connectivity index (χ4v) is 5.37. The van der Waals surface area contributed by atoms with Gasteiger partial charge in [0.25, 0.3) is 0 Å². The molecule has 2 N–H and O–H groups in total. The van der Waals surface area contributed by atoms with E-state index in [0.717, 1.165) is 36.0 Å². The Bertz CT molecular complexity index is 1450. The molecule has 2 aromatic carbocycles. The lowest BCUT2D eigenvalue weighted by Gasteiger charge is -2.12. The van der Waals surface area contributed by atoms with Crippen LogP contribution in [0.2, 0.25) is 0 Å². The monoisotopic (exact) mass is 475 g/mol. The molecule has 4 aromatic rings. The zero-order valence-corrected chi connectivity index (χ0v) is 19.4. The number of fused-ring (bicyclic) bond motifs is 2. The largest absolute Gasteiger partial charge is 0.325 e. The molecule has 0 aliphatic heterocycles. The Hall–Kier alpha value is -3.56. The third-order valence-corrected chi connectivity index (χ3v) is 7.45. The number of anilines is 1. The molecule has 0 atom stereocenters. The van der Waals surface area contributed by atoms with Gasteiger partial charge >= 0.3 is 0 Å². The van der Waals surface area contributed by atoms with Gasteiger partial charge in [0.15, 0.2) is 0 Å². The van der Waals surface area contributed by atoms with Gasteiger partial charge in [0.2, 0.25) is 15.9 Å². The SMILES string of the molecule is O=C(Cn1c(CCNS(=O)(=O)c2cccnc2)nc2ccccc21)Nc1ccc2c(c1)CCC2. The number of pyridine rings is 1. The van der Waals surface area contributed by atoms with Crippen molar-refractivity contribution in [3.8, 4) is 0 Å². The number of aromatic nitrogens is 3. The second kappa shape index (κ2) is 9.36. The van der Waals surface area contributed by atoms with Gasteiger partial charge in [-0.15, -0.1) is 0 Å². The normalized spacial score (nSPS) is 13.2. The Labute approximate surface area is 198 Å². The lowest BCUT2D eigenvalue weighted by molar-refractivity contribution is -0.116. The molecule has 8 nitrogen and oxygen atoms in total. The first-order chi connectivity index (χ1) is 16.5. The molecule has 0 spiro atoms. The first-order valence-corrected chi connectivity index (χ1v) is 12.7. The maximum Gasteiger partial charge on any atom is 0.244 e. The lowest BCUT2D eigenvalue weighted by Crippen LogP contribution is -2.27. The number of imidazole rings is 1. The number of benzene rings is 2. The van der Waals surface area contributed by atoms with Crippen molar-refractivity contribution >= 4 is 32.7 Å². The van der Waals surface area contributed by atoms with Crippen LogP contribution in [0.4, 0.5) is 5.69 Å². The number of sulfonamides is 1. The molecule has 5 rings (SSSR count). The third-order valence-electron chi connectivity index (χ3n) is 6.00. The highest BCUT2D eigenvalue weighted by molar-refractivity contribution is 7.89. The van der Waals surface area contributed by atoms with Crippen molar-refractivity contribution in [2.45, 2.75) is 37.1 Å². The standard InChI is InChI=1S/C25H25N5O3S/c31-25(28-20-11-10-18-5-3-6-19(18)15-20)17-30-23-9-2-1-8-22(23)29-24(30)12-14-27-34(32,33)21-7-4-13-26-16-21/h1-2,4,7-11,13,15-16,27H,3,5-6,12,14,17H2,(H,28,31). The van der Waals surface area contributed by atoms with Gasteiger partial charge in [-0.3, -0.25) is 9.78 Å². The van der Waals surface area contributed by atoms with Gasteiger partial charge in [-0.05, 0) is 66.8 Å². The molecule has 1 amide bonds. The van der Waals surface area contributed by atoms with Gasteiger partial charge in [0, 0.05) is 31.0 Å². The predicted molar refractivity (Wildman–Crippen MR) is 130 cm³/mol. The molecular formula is C25H25N5O3S. The maximum absolute atomic E-state index is 12.9. The molecule has 2 aromatic heterocycles. The van der Waals surface area contributed by atoms with Gasteiger partial charge in [-0.1, -0.05) is 18.2 Å². The molecule has 9 heteroatoms. The zero-order chi connectivity index (χ0) is 23.5. The minimum Gasteiger partial charge on any atom is -0.325 e. The maximum atomic E-state index is 12.9. The van der Waals surface area contributed by atoms with Crippen LogP contribution in [-0.4, -0.2) is 35.4 Å². The van der Waals surface area contributed by atoms with Gasteiger partial charge in [0.05, 0.1) is 11.0 Å². The van der Waals surface area contributed by atoms with E-state index in [0.29, 0.717) is 12.2 Å². The highest BCUT2D eigenvalue weighted by Gasteiger charge is 2.17. The minimum absolute atomic E-state index is 0.0856. The molecule has 0 saturated carbocycles. The van der Waals surface area contributed by atoms with E-state index in [1.54, 1.807) is 6.07 Å². The first-order valence-electron chi connectivity index (χ1n) is 11.2. The summed E-state index contributed by atoms with van der Waals surface area (Å²) in [5.41, 5.74) is 5.04. The van der Waals surface area contributed by atoms with Crippen LogP contribution in [-0.2, 0) is 40.6 Å². The number of nitrogens with zero attached hydrogens (tertiary/aromatic N) is 3. The quantitative estimate of drug-likeness (QED) is 0.407. The van der Waals surface area contributed by atoms with E-state index < -0.39 is 10.0 Å². The summed E-state index contributed by atoms with van der Waals surface area (Å²) >= 11 is 0. The summed E-state index contributed by atoms with van der Waals surface area (Å²) < 4.78 is 29.4. The molecule has 0 fully saturated rings. The lowest BCUT2D eigenvalue weighted by atomic mass is 10.1. The van der Waals surface area contributed by atoms with Crippen molar-refractivity contribution in [1.29, 1.82) is 0 Å². The van der Waals surface area contributed by atoms with E-state index in [9.17, 15) is 13.2 Å². The number of hydrogen-bond donors (Lipinski definition) is 2. The van der Waals surface area contributed by atoms with Crippen molar-refractivity contribution in [2.75, 3.05) is 11.9 Å². The van der Waals surface area contributed by atoms with Gasteiger partial charge in [-0.2, -0.15) is 0 Å². The number of carbonyl (C=O) groups excluding carboxylic acids is 1. The van der Waals surface area contributed by atoms with Crippen LogP contribution in [0.5, 0.6) is 0 Å². The second-order valence-corrected chi connectivity index (χ2v) is 10.1. The fourth-order valence-electron chi connectivity index (χ4n) is 4.37. The average molecular weight is 476 g/mol. The van der Waals surface area contributed by atoms with E-state index in [1.807, 2.05) is 34.9 Å². The topological polar surface area (TPSA) is 106 Å². The molecule has 0 unspecified atom stereocenters. The summed E-state index contributed by atoms with van der Waals surface area (Å²) in [4.78, 5) is 21.5. The summed E-state index contributed by atoms with van der Waals surface area (Å²) in [6.07, 6.45) is 6.46. The fraction of sp³-hybridized carbons (Fsp3) is 0.240. The summed E-state index contributed by atoms with van der Waals surface area (Å²) in [5, 5.41) is 3.00. The Morgan fingerprint density at radius 3 is 2.74 bits per heavy atom. The number of hydrogen-bond acceptors (Lipinski definition) is 5. The second-order valence-electron chi connectivity index (χ2n) is 8.32. The van der Waals surface area contributed by atoms with E-state index in [-0.39, 0.29) is 23.9 Å². The van der Waals surface area contributed by atoms with Crippen LogP contribution >= 0.6 is 0 Å². The Morgan fingerprint density at radius 1 is 1.03 bits per heavy atom. The van der Waals surface area contributed by atoms with E-state index >= 15 is 0 Å². The summed E-state index contributed by atoms with van der Waals surface area (Å²) in [6.45, 7) is 0.231. The zero-order valence-electron chi connectivity index (χ0n) is 18.6. The van der Waals surface area contributed by atoms with Crippen LogP contribution in [0.3, 0.4) is 0 Å². The molecule has 0 radical (unpaired) electrons. The minimum atomic E-state index is -3.67. The smallest absolute Gasteiger partial charge is 0.244 e. The summed E-state index contributed by atoms with van der Waals surface area (Å²) in [5.74, 6) is 0.484. The number of nitrogens with one attached hydrogen (secondary N) is 2. The molecule has 1 aliphatic carbocycles. The number of para-hydroxylation sites is 2. The van der Waals surface area contributed by atoms with Crippen LogP contribution in [0, 0.1) is 0 Å². The Balaban J connectivity index is 1.31. The third kappa shape index (κ3) is 4.71. The van der Waals surface area contributed by atoms with E-state index in [2.05, 4.69) is 32.1 Å². The van der Waals surface area contributed by atoms with Crippen molar-refractivity contribution in [3.63, 3.8) is 0 Å². The molecule has 2 heterocycles. The molecule has 1 aliphatic rings. The number of rotatable bonds is 8. The Kier molecular flexibility index (Phi) is 6.12. The van der Waals surface area contributed by atoms with Crippen LogP contribution in [0.15, 0.2) is 71.9 Å². The van der Waals surface area contributed by atoms with Crippen molar-refractivity contribution in [2.24, 2.45) is 0 Å². The van der Waals surface area contributed by atoms with E-state index in [4.69, 9.17) is 0 Å². The summed E-state index contributed by atoms with van der Waals surface area (Å²) in [7, 11) is -3.67. The van der Waals surface area contributed by atoms with Crippen molar-refractivity contribution < 1.29 is 13.2 Å². The predicted octanol–water partition coefficient (Wildman–Crippen LogP) is 3.08. The number of aryl methyl sites for hydroxylation is 2. The first kappa shape index (κ1) is 22.2. The van der Waals surface area contributed by atoms with Crippen LogP contribution in [0.1, 0.15) is 23.4 Å². The molecule has 34 heavy (non-hydrogen) atoms. The van der Waals surface area contributed by atoms with Gasteiger partial charge in [-0.25, -0.2) is 18.1 Å². The molecule has 0 bridgehead atoms. The molecule has 174 valence electrons. The highest BCUT2D eigenvalue weighted by Crippen LogP contribution is 2.25. The summed E-state index contributed by atoms with van der Waals surface area (Å²) in [6, 6.07) is 16.7. The highest BCUT2D eigenvalue weighted by atomic mass is 32.2. The Morgan fingerprint density at radius 2 is 1.88 bits per heavy atom. The van der Waals surface area contributed by atoms with Crippen LogP contribution < -0.4 is 10.0 Å². The molecule has 0 saturated heterocycles. The van der Waals surface area contributed by atoms with Crippen molar-refractivity contribution in [3.05, 3.63) is 83.9 Å². The van der Waals surface area contributed by atoms with Crippen LogP contribution in [0.25, 0.3) is 11.0 Å². The number of amides is 1. The van der Waals surface area contributed by atoms with E-state index in [1.165, 1.54) is 29.6 Å². The van der Waals surface area contributed by atoms with Gasteiger partial charge in [0.1, 0.15) is 17.3 Å². The number of carbonyl (C=O) groups is 1. The average Bonchev–Trinajstić information content (AvgIpc) is 3.44. The molecular weight excluding hydrogens is 450 g/mol.